The van der Waals surface area contributed by atoms with Crippen LogP contribution in [-0.2, 0) is 23.4 Å². The molecule has 0 aliphatic rings. The molecular formula is C31H65BO7. The van der Waals surface area contributed by atoms with E-state index in [-0.39, 0.29) is 30.1 Å². The van der Waals surface area contributed by atoms with Crippen LogP contribution >= 0.6 is 0 Å². The fourth-order valence-electron chi connectivity index (χ4n) is 4.96. The summed E-state index contributed by atoms with van der Waals surface area (Å²) in [5.74, 6) is 0.229. The Balaban J connectivity index is 5.07. The highest BCUT2D eigenvalue weighted by molar-refractivity contribution is 6.36. The molecule has 0 radical (unpaired) electrons. The standard InChI is InChI=1S/C31H65BO7/c1-13-19-35-32(36-22-24(7)28(14-2)38-26(9)21-31(34,17-5)18-6)37-23-25(8)30(12,16-4)39-27(10)20-29(11,33)15-3/h24-28,33-34H,13-23H2,1-12H3. The van der Waals surface area contributed by atoms with Crippen LogP contribution in [0.3, 0.4) is 0 Å². The average molecular weight is 561 g/mol. The fourth-order valence-corrected chi connectivity index (χ4v) is 4.96. The van der Waals surface area contributed by atoms with E-state index < -0.39 is 24.1 Å². The summed E-state index contributed by atoms with van der Waals surface area (Å²) in [6, 6.07) is 0. The SMILES string of the molecule is CCCOB(OCC(C)C(CC)OC(C)CC(O)(CC)CC)OCC(C)C(C)(CC)OC(C)CC(C)(O)CC. The van der Waals surface area contributed by atoms with Crippen LogP contribution in [0.2, 0.25) is 0 Å². The topological polar surface area (TPSA) is 86.6 Å². The van der Waals surface area contributed by atoms with E-state index in [9.17, 15) is 10.2 Å². The van der Waals surface area contributed by atoms with Gasteiger partial charge in [-0.2, -0.15) is 0 Å². The third kappa shape index (κ3) is 15.0. The van der Waals surface area contributed by atoms with Gasteiger partial charge in [-0.25, -0.2) is 0 Å². The summed E-state index contributed by atoms with van der Waals surface area (Å²) in [6.07, 6.45) is 5.81. The molecule has 7 nitrogen and oxygen atoms in total. The lowest BCUT2D eigenvalue weighted by molar-refractivity contribution is -0.137. The van der Waals surface area contributed by atoms with Crippen LogP contribution < -0.4 is 0 Å². The minimum atomic E-state index is -0.755. The highest BCUT2D eigenvalue weighted by atomic mass is 16.7. The van der Waals surface area contributed by atoms with Crippen LogP contribution in [0.1, 0.15) is 134 Å². The maximum Gasteiger partial charge on any atom is 0.639 e. The number of hydrogen-bond acceptors (Lipinski definition) is 7. The zero-order valence-electron chi connectivity index (χ0n) is 27.7. The van der Waals surface area contributed by atoms with Gasteiger partial charge < -0.3 is 33.6 Å². The predicted molar refractivity (Wildman–Crippen MR) is 162 cm³/mol. The summed E-state index contributed by atoms with van der Waals surface area (Å²) in [6.45, 7) is 26.1. The van der Waals surface area contributed by atoms with E-state index in [1.165, 1.54) is 0 Å². The molecule has 0 saturated carbocycles. The zero-order valence-corrected chi connectivity index (χ0v) is 27.7. The molecule has 0 aliphatic carbocycles. The van der Waals surface area contributed by atoms with E-state index >= 15 is 0 Å². The van der Waals surface area contributed by atoms with Crippen molar-refractivity contribution >= 4 is 7.32 Å². The monoisotopic (exact) mass is 560 g/mol. The molecule has 7 unspecified atom stereocenters. The largest absolute Gasteiger partial charge is 0.639 e. The first kappa shape index (κ1) is 38.8. The number of ether oxygens (including phenoxy) is 2. The summed E-state index contributed by atoms with van der Waals surface area (Å²) in [7, 11) is -0.755. The van der Waals surface area contributed by atoms with Gasteiger partial charge in [0.1, 0.15) is 0 Å². The van der Waals surface area contributed by atoms with E-state index in [1.807, 2.05) is 41.5 Å². The Morgan fingerprint density at radius 3 is 1.79 bits per heavy atom. The van der Waals surface area contributed by atoms with Crippen LogP contribution in [0.15, 0.2) is 0 Å². The van der Waals surface area contributed by atoms with Gasteiger partial charge in [0.25, 0.3) is 0 Å². The van der Waals surface area contributed by atoms with Gasteiger partial charge in [0, 0.05) is 44.5 Å². The second kappa shape index (κ2) is 19.1. The minimum Gasteiger partial charge on any atom is -0.390 e. The summed E-state index contributed by atoms with van der Waals surface area (Å²) < 4.78 is 31.0. The number of hydrogen-bond donors (Lipinski definition) is 2. The molecule has 234 valence electrons. The zero-order chi connectivity index (χ0) is 30.3. The van der Waals surface area contributed by atoms with Gasteiger partial charge >= 0.3 is 7.32 Å². The van der Waals surface area contributed by atoms with Gasteiger partial charge in [-0.05, 0) is 66.2 Å². The summed E-state index contributed by atoms with van der Waals surface area (Å²) >= 11 is 0. The van der Waals surface area contributed by atoms with Gasteiger partial charge in [0.15, 0.2) is 0 Å². The van der Waals surface area contributed by atoms with Crippen molar-refractivity contribution in [2.45, 2.75) is 170 Å². The first-order valence-corrected chi connectivity index (χ1v) is 15.8. The van der Waals surface area contributed by atoms with Crippen LogP contribution in [0.5, 0.6) is 0 Å². The molecule has 0 aromatic carbocycles. The molecule has 2 N–H and O–H groups in total. The van der Waals surface area contributed by atoms with Crippen LogP contribution in [0.4, 0.5) is 0 Å². The Hall–Kier alpha value is -0.215. The van der Waals surface area contributed by atoms with Crippen molar-refractivity contribution in [3.8, 4) is 0 Å². The van der Waals surface area contributed by atoms with Crippen LogP contribution in [-0.4, -0.2) is 72.5 Å². The predicted octanol–water partition coefficient (Wildman–Crippen LogP) is 6.95. The van der Waals surface area contributed by atoms with E-state index in [1.54, 1.807) is 0 Å². The third-order valence-corrected chi connectivity index (χ3v) is 8.57. The lowest BCUT2D eigenvalue weighted by atomic mass is 9.87. The van der Waals surface area contributed by atoms with Crippen molar-refractivity contribution < 1.29 is 33.6 Å². The molecule has 0 aromatic heterocycles. The van der Waals surface area contributed by atoms with Gasteiger partial charge in [-0.15, -0.1) is 0 Å². The van der Waals surface area contributed by atoms with E-state index in [2.05, 4.69) is 41.5 Å². The van der Waals surface area contributed by atoms with Gasteiger partial charge in [-0.3, -0.25) is 0 Å². The molecular weight excluding hydrogens is 495 g/mol. The van der Waals surface area contributed by atoms with Crippen molar-refractivity contribution in [2.24, 2.45) is 11.8 Å². The van der Waals surface area contributed by atoms with Crippen LogP contribution in [0, 0.1) is 11.8 Å². The fraction of sp³-hybridized carbons (Fsp3) is 1.00. The molecule has 0 saturated heterocycles. The Bertz CT molecular complexity index is 616. The Morgan fingerprint density at radius 1 is 0.718 bits per heavy atom. The smallest absolute Gasteiger partial charge is 0.390 e. The first-order valence-electron chi connectivity index (χ1n) is 15.8. The second-order valence-corrected chi connectivity index (χ2v) is 12.4. The van der Waals surface area contributed by atoms with E-state index in [4.69, 9.17) is 23.4 Å². The second-order valence-electron chi connectivity index (χ2n) is 12.4. The first-order chi connectivity index (χ1) is 18.1. The molecule has 0 rings (SSSR count). The average Bonchev–Trinajstić information content (AvgIpc) is 2.90. The molecule has 0 heterocycles. The van der Waals surface area contributed by atoms with Crippen LogP contribution in [0.25, 0.3) is 0 Å². The quantitative estimate of drug-likeness (QED) is 0.124. The van der Waals surface area contributed by atoms with Crippen molar-refractivity contribution in [3.05, 3.63) is 0 Å². The normalized spacial score (nSPS) is 19.5. The summed E-state index contributed by atoms with van der Waals surface area (Å²) in [4.78, 5) is 0. The maximum atomic E-state index is 10.7. The van der Waals surface area contributed by atoms with Crippen molar-refractivity contribution in [1.29, 1.82) is 0 Å². The van der Waals surface area contributed by atoms with E-state index in [0.717, 1.165) is 32.1 Å². The summed E-state index contributed by atoms with van der Waals surface area (Å²) in [5.41, 5.74) is -1.81. The highest BCUT2D eigenvalue weighted by Crippen LogP contribution is 2.31. The molecule has 0 aromatic rings. The Kier molecular flexibility index (Phi) is 19.0. The molecule has 39 heavy (non-hydrogen) atoms. The van der Waals surface area contributed by atoms with Gasteiger partial charge in [0.2, 0.25) is 0 Å². The molecule has 0 bridgehead atoms. The number of rotatable bonds is 24. The highest BCUT2D eigenvalue weighted by Gasteiger charge is 2.36. The van der Waals surface area contributed by atoms with E-state index in [0.29, 0.717) is 39.1 Å². The third-order valence-electron chi connectivity index (χ3n) is 8.57. The Morgan fingerprint density at radius 2 is 1.31 bits per heavy atom. The lowest BCUT2D eigenvalue weighted by Crippen LogP contribution is -2.44. The van der Waals surface area contributed by atoms with Gasteiger partial charge in [-0.1, -0.05) is 55.4 Å². The molecule has 0 amide bonds. The van der Waals surface area contributed by atoms with Crippen molar-refractivity contribution in [3.63, 3.8) is 0 Å². The molecule has 0 fully saturated rings. The van der Waals surface area contributed by atoms with Crippen molar-refractivity contribution in [1.82, 2.24) is 0 Å². The molecule has 8 heteroatoms. The van der Waals surface area contributed by atoms with Crippen molar-refractivity contribution in [2.75, 3.05) is 19.8 Å². The van der Waals surface area contributed by atoms with Gasteiger partial charge in [0.05, 0.1) is 35.1 Å². The molecule has 7 atom stereocenters. The minimum absolute atomic E-state index is 0.0160. The summed E-state index contributed by atoms with van der Waals surface area (Å²) in [5, 5.41) is 21.2. The Labute approximate surface area is 242 Å². The maximum absolute atomic E-state index is 10.7. The molecule has 0 spiro atoms. The lowest BCUT2D eigenvalue weighted by Gasteiger charge is -2.39. The number of aliphatic hydroxyl groups is 2. The molecule has 0 aliphatic heterocycles.